The molecule has 1 aromatic carbocycles. The molecule has 0 spiro atoms. The Hall–Kier alpha value is -1.49. The van der Waals surface area contributed by atoms with Crippen molar-refractivity contribution in [3.05, 3.63) is 17.9 Å². The van der Waals surface area contributed by atoms with Gasteiger partial charge in [-0.05, 0) is 12.8 Å². The highest BCUT2D eigenvalue weighted by Crippen LogP contribution is 2.30. The Morgan fingerprint density at radius 3 is 2.40 bits per heavy atom. The second-order valence-electron chi connectivity index (χ2n) is 4.48. The first-order chi connectivity index (χ1) is 9.69. The van der Waals surface area contributed by atoms with E-state index in [4.69, 9.17) is 19.9 Å². The summed E-state index contributed by atoms with van der Waals surface area (Å²) >= 11 is 0. The average Bonchev–Trinajstić information content (AvgIpc) is 2.43. The summed E-state index contributed by atoms with van der Waals surface area (Å²) in [4.78, 5) is 0. The SMILES string of the molecule is CCCCOCCOc1cc(OCCC)c(F)cc1N. The van der Waals surface area contributed by atoms with Crippen LogP contribution in [-0.4, -0.2) is 26.4 Å². The van der Waals surface area contributed by atoms with Crippen LogP contribution in [0.1, 0.15) is 33.1 Å². The first kappa shape index (κ1) is 16.6. The molecule has 4 nitrogen and oxygen atoms in total. The van der Waals surface area contributed by atoms with Crippen LogP contribution in [0.5, 0.6) is 11.5 Å². The smallest absolute Gasteiger partial charge is 0.167 e. The van der Waals surface area contributed by atoms with Crippen molar-refractivity contribution in [1.82, 2.24) is 0 Å². The first-order valence-corrected chi connectivity index (χ1v) is 7.11. The van der Waals surface area contributed by atoms with Crippen LogP contribution in [0, 0.1) is 5.82 Å². The summed E-state index contributed by atoms with van der Waals surface area (Å²) in [5.41, 5.74) is 5.98. The topological polar surface area (TPSA) is 53.7 Å². The van der Waals surface area contributed by atoms with Crippen LogP contribution in [-0.2, 0) is 4.74 Å². The zero-order valence-electron chi connectivity index (χ0n) is 12.3. The van der Waals surface area contributed by atoms with Crippen LogP contribution in [0.25, 0.3) is 0 Å². The van der Waals surface area contributed by atoms with Gasteiger partial charge in [0.2, 0.25) is 0 Å². The van der Waals surface area contributed by atoms with Gasteiger partial charge in [0, 0.05) is 18.7 Å². The molecule has 114 valence electrons. The van der Waals surface area contributed by atoms with Crippen LogP contribution >= 0.6 is 0 Å². The number of hydrogen-bond acceptors (Lipinski definition) is 4. The highest BCUT2D eigenvalue weighted by Gasteiger charge is 2.10. The molecule has 0 aliphatic rings. The van der Waals surface area contributed by atoms with E-state index < -0.39 is 5.82 Å². The molecule has 0 aromatic heterocycles. The van der Waals surface area contributed by atoms with Gasteiger partial charge in [-0.15, -0.1) is 0 Å². The van der Waals surface area contributed by atoms with Crippen molar-refractivity contribution < 1.29 is 18.6 Å². The maximum atomic E-state index is 13.6. The predicted octanol–water partition coefficient (Wildman–Crippen LogP) is 3.39. The number of unbranched alkanes of at least 4 members (excludes halogenated alkanes) is 1. The van der Waals surface area contributed by atoms with Crippen molar-refractivity contribution >= 4 is 5.69 Å². The van der Waals surface area contributed by atoms with E-state index in [9.17, 15) is 4.39 Å². The van der Waals surface area contributed by atoms with E-state index in [1.807, 2.05) is 6.92 Å². The monoisotopic (exact) mass is 285 g/mol. The van der Waals surface area contributed by atoms with Crippen LogP contribution < -0.4 is 15.2 Å². The Balaban J connectivity index is 2.47. The van der Waals surface area contributed by atoms with Crippen molar-refractivity contribution in [3.8, 4) is 11.5 Å². The lowest BCUT2D eigenvalue weighted by Crippen LogP contribution is -2.09. The highest BCUT2D eigenvalue weighted by molar-refractivity contribution is 5.56. The minimum atomic E-state index is -0.470. The van der Waals surface area contributed by atoms with E-state index >= 15 is 0 Å². The van der Waals surface area contributed by atoms with Crippen LogP contribution in [0.15, 0.2) is 12.1 Å². The van der Waals surface area contributed by atoms with Gasteiger partial charge in [0.15, 0.2) is 11.6 Å². The zero-order chi connectivity index (χ0) is 14.8. The van der Waals surface area contributed by atoms with E-state index in [-0.39, 0.29) is 11.4 Å². The molecule has 20 heavy (non-hydrogen) atoms. The molecule has 0 fully saturated rings. The fourth-order valence-electron chi connectivity index (χ4n) is 1.56. The molecule has 0 aliphatic heterocycles. The quantitative estimate of drug-likeness (QED) is 0.529. The van der Waals surface area contributed by atoms with Crippen molar-refractivity contribution in [2.24, 2.45) is 0 Å². The number of halogens is 1. The summed E-state index contributed by atoms with van der Waals surface area (Å²) in [6, 6.07) is 2.71. The number of nitrogen functional groups attached to an aromatic ring is 1. The number of benzene rings is 1. The lowest BCUT2D eigenvalue weighted by molar-refractivity contribution is 0.0981. The van der Waals surface area contributed by atoms with E-state index in [0.717, 1.165) is 25.9 Å². The second kappa shape index (κ2) is 9.42. The van der Waals surface area contributed by atoms with Gasteiger partial charge < -0.3 is 19.9 Å². The number of rotatable bonds is 10. The van der Waals surface area contributed by atoms with Crippen molar-refractivity contribution in [1.29, 1.82) is 0 Å². The summed E-state index contributed by atoms with van der Waals surface area (Å²) in [7, 11) is 0. The number of hydrogen-bond donors (Lipinski definition) is 1. The van der Waals surface area contributed by atoms with Gasteiger partial charge in [-0.25, -0.2) is 4.39 Å². The Bertz CT molecular complexity index is 399. The number of anilines is 1. The lowest BCUT2D eigenvalue weighted by Gasteiger charge is -2.12. The van der Waals surface area contributed by atoms with Gasteiger partial charge in [0.05, 0.1) is 18.9 Å². The minimum Gasteiger partial charge on any atom is -0.490 e. The molecule has 0 aliphatic carbocycles. The summed E-state index contributed by atoms with van der Waals surface area (Å²) < 4.78 is 29.8. The molecule has 0 radical (unpaired) electrons. The molecule has 0 unspecified atom stereocenters. The Labute approximate surface area is 120 Å². The summed E-state index contributed by atoms with van der Waals surface area (Å²) in [6.45, 7) is 6.12. The largest absolute Gasteiger partial charge is 0.490 e. The zero-order valence-corrected chi connectivity index (χ0v) is 12.3. The molecule has 0 atom stereocenters. The molecule has 0 saturated heterocycles. The molecule has 1 aromatic rings. The first-order valence-electron chi connectivity index (χ1n) is 7.11. The lowest BCUT2D eigenvalue weighted by atomic mass is 10.2. The van der Waals surface area contributed by atoms with E-state index in [1.165, 1.54) is 12.1 Å². The molecular weight excluding hydrogens is 261 g/mol. The van der Waals surface area contributed by atoms with Crippen LogP contribution in [0.2, 0.25) is 0 Å². The molecule has 5 heteroatoms. The fraction of sp³-hybridized carbons (Fsp3) is 0.600. The second-order valence-corrected chi connectivity index (χ2v) is 4.48. The molecular formula is C15H24FNO3. The minimum absolute atomic E-state index is 0.169. The third kappa shape index (κ3) is 5.65. The Morgan fingerprint density at radius 1 is 0.950 bits per heavy atom. The molecule has 2 N–H and O–H groups in total. The van der Waals surface area contributed by atoms with Crippen LogP contribution in [0.4, 0.5) is 10.1 Å². The molecule has 0 amide bonds. The summed E-state index contributed by atoms with van der Waals surface area (Å²) in [5.74, 6) is 0.127. The van der Waals surface area contributed by atoms with Crippen LogP contribution in [0.3, 0.4) is 0 Å². The maximum Gasteiger partial charge on any atom is 0.167 e. The molecule has 1 rings (SSSR count). The van der Waals surface area contributed by atoms with E-state index in [0.29, 0.717) is 25.6 Å². The summed E-state index contributed by atoms with van der Waals surface area (Å²) in [6.07, 6.45) is 2.95. The van der Waals surface area contributed by atoms with Gasteiger partial charge in [-0.2, -0.15) is 0 Å². The summed E-state index contributed by atoms with van der Waals surface area (Å²) in [5, 5.41) is 0. The normalized spacial score (nSPS) is 10.6. The van der Waals surface area contributed by atoms with Crippen molar-refractivity contribution in [3.63, 3.8) is 0 Å². The highest BCUT2D eigenvalue weighted by atomic mass is 19.1. The average molecular weight is 285 g/mol. The van der Waals surface area contributed by atoms with Crippen molar-refractivity contribution in [2.75, 3.05) is 32.2 Å². The third-order valence-corrected chi connectivity index (χ3v) is 2.65. The standard InChI is InChI=1S/C15H24FNO3/c1-3-5-7-18-8-9-20-15-11-14(19-6-4-2)12(16)10-13(15)17/h10-11H,3-9,17H2,1-2H3. The van der Waals surface area contributed by atoms with Gasteiger partial charge in [0.1, 0.15) is 12.4 Å². The predicted molar refractivity (Wildman–Crippen MR) is 77.8 cm³/mol. The van der Waals surface area contributed by atoms with Crippen molar-refractivity contribution in [2.45, 2.75) is 33.1 Å². The Morgan fingerprint density at radius 2 is 1.70 bits per heavy atom. The molecule has 0 saturated carbocycles. The van der Waals surface area contributed by atoms with E-state index in [1.54, 1.807) is 0 Å². The maximum absolute atomic E-state index is 13.6. The van der Waals surface area contributed by atoms with Gasteiger partial charge in [-0.1, -0.05) is 20.3 Å². The fourth-order valence-corrected chi connectivity index (χ4v) is 1.56. The molecule has 0 bridgehead atoms. The van der Waals surface area contributed by atoms with E-state index in [2.05, 4.69) is 6.92 Å². The van der Waals surface area contributed by atoms with Gasteiger partial charge in [-0.3, -0.25) is 0 Å². The third-order valence-electron chi connectivity index (χ3n) is 2.65. The Kier molecular flexibility index (Phi) is 7.80. The molecule has 0 heterocycles. The number of ether oxygens (including phenoxy) is 3. The van der Waals surface area contributed by atoms with Gasteiger partial charge in [0.25, 0.3) is 0 Å². The number of nitrogens with two attached hydrogens (primary N) is 1. The van der Waals surface area contributed by atoms with Gasteiger partial charge >= 0.3 is 0 Å².